The van der Waals surface area contributed by atoms with E-state index in [9.17, 15) is 14.4 Å². The number of piperidine rings is 1. The minimum atomic E-state index is -0.586. The number of benzene rings is 1. The van der Waals surface area contributed by atoms with Crippen molar-refractivity contribution in [3.8, 4) is 0 Å². The fourth-order valence-electron chi connectivity index (χ4n) is 3.17. The van der Waals surface area contributed by atoms with Crippen LogP contribution in [0.1, 0.15) is 23.2 Å². The maximum absolute atomic E-state index is 12.8. The van der Waals surface area contributed by atoms with Crippen LogP contribution in [0.25, 0.3) is 0 Å². The maximum Gasteiger partial charge on any atom is 0.256 e. The zero-order chi connectivity index (χ0) is 17.3. The largest absolute Gasteiger partial charge is 0.352 e. The van der Waals surface area contributed by atoms with Gasteiger partial charge in [-0.25, -0.2) is 0 Å². The molecule has 2 aliphatic rings. The predicted octanol–water partition coefficient (Wildman–Crippen LogP) is 1.74. The molecule has 1 aromatic rings. The predicted molar refractivity (Wildman–Crippen MR) is 94.5 cm³/mol. The van der Waals surface area contributed by atoms with Gasteiger partial charge in [0.25, 0.3) is 5.91 Å². The molecule has 2 unspecified atom stereocenters. The Balaban J connectivity index is 1.80. The van der Waals surface area contributed by atoms with Gasteiger partial charge in [0.2, 0.25) is 11.8 Å². The van der Waals surface area contributed by atoms with Crippen molar-refractivity contribution < 1.29 is 14.4 Å². The van der Waals surface area contributed by atoms with Gasteiger partial charge in [-0.3, -0.25) is 14.4 Å². The summed E-state index contributed by atoms with van der Waals surface area (Å²) in [6.45, 7) is 0.434. The van der Waals surface area contributed by atoms with Gasteiger partial charge < -0.3 is 15.5 Å². The highest BCUT2D eigenvalue weighted by atomic mass is 35.5. The Bertz CT molecular complexity index is 697. The minimum absolute atomic E-state index is 0.0450. The summed E-state index contributed by atoms with van der Waals surface area (Å²) in [6, 6.07) is 4.17. The van der Waals surface area contributed by atoms with E-state index in [0.29, 0.717) is 41.4 Å². The van der Waals surface area contributed by atoms with E-state index in [1.807, 2.05) is 6.26 Å². The van der Waals surface area contributed by atoms with Crippen molar-refractivity contribution in [2.75, 3.05) is 23.9 Å². The molecule has 0 saturated carbocycles. The van der Waals surface area contributed by atoms with Crippen molar-refractivity contribution in [2.45, 2.75) is 24.9 Å². The Morgan fingerprint density at radius 3 is 3.00 bits per heavy atom. The van der Waals surface area contributed by atoms with Crippen molar-refractivity contribution in [2.24, 2.45) is 0 Å². The molecule has 2 heterocycles. The van der Waals surface area contributed by atoms with Crippen LogP contribution in [0, 0.1) is 0 Å². The summed E-state index contributed by atoms with van der Waals surface area (Å²) in [5, 5.41) is 6.19. The number of carbonyl (C=O) groups excluding carboxylic acids is 3. The second-order valence-electron chi connectivity index (χ2n) is 5.92. The van der Waals surface area contributed by atoms with Crippen LogP contribution in [-0.2, 0) is 9.59 Å². The summed E-state index contributed by atoms with van der Waals surface area (Å²) in [5.74, 6) is -0.0802. The molecule has 8 heteroatoms. The number of thioether (sulfide) groups is 1. The molecule has 3 rings (SSSR count). The van der Waals surface area contributed by atoms with Crippen LogP contribution >= 0.6 is 23.4 Å². The lowest BCUT2D eigenvalue weighted by Crippen LogP contribution is -2.55. The number of anilines is 1. The molecule has 0 aliphatic carbocycles. The van der Waals surface area contributed by atoms with E-state index in [1.54, 1.807) is 23.1 Å². The van der Waals surface area contributed by atoms with Gasteiger partial charge in [-0.15, -0.1) is 0 Å². The first-order valence-electron chi connectivity index (χ1n) is 7.69. The highest BCUT2D eigenvalue weighted by molar-refractivity contribution is 7.99. The molecule has 0 aromatic heterocycles. The Morgan fingerprint density at radius 1 is 1.46 bits per heavy atom. The van der Waals surface area contributed by atoms with Gasteiger partial charge >= 0.3 is 0 Å². The SMILES string of the molecule is CSCC(=O)NC1CCN2C(=O)c3ccc(Cl)cc3NC(=O)C2C1. The molecule has 128 valence electrons. The third-order valence-electron chi connectivity index (χ3n) is 4.28. The van der Waals surface area contributed by atoms with E-state index in [4.69, 9.17) is 11.6 Å². The number of nitrogens with zero attached hydrogens (tertiary/aromatic N) is 1. The van der Waals surface area contributed by atoms with E-state index >= 15 is 0 Å². The standard InChI is InChI=1S/C16H18ClN3O3S/c1-24-8-14(21)18-10-4-5-20-13(7-10)15(22)19-12-6-9(17)2-3-11(12)16(20)23/h2-3,6,10,13H,4-5,7-8H2,1H3,(H,18,21)(H,19,22). The average Bonchev–Trinajstić information content (AvgIpc) is 2.63. The fraction of sp³-hybridized carbons (Fsp3) is 0.438. The summed E-state index contributed by atoms with van der Waals surface area (Å²) in [7, 11) is 0. The molecule has 6 nitrogen and oxygen atoms in total. The first kappa shape index (κ1) is 17.1. The van der Waals surface area contributed by atoms with E-state index in [1.165, 1.54) is 11.8 Å². The van der Waals surface area contributed by atoms with Gasteiger partial charge in [0.05, 0.1) is 17.0 Å². The number of amides is 3. The first-order chi connectivity index (χ1) is 11.5. The fourth-order valence-corrected chi connectivity index (χ4v) is 3.68. The van der Waals surface area contributed by atoms with Crippen molar-refractivity contribution >= 4 is 46.8 Å². The molecule has 1 fully saturated rings. The van der Waals surface area contributed by atoms with Gasteiger partial charge in [0.1, 0.15) is 6.04 Å². The number of rotatable bonds is 3. The Labute approximate surface area is 149 Å². The Morgan fingerprint density at radius 2 is 2.25 bits per heavy atom. The summed E-state index contributed by atoms with van der Waals surface area (Å²) < 4.78 is 0. The zero-order valence-electron chi connectivity index (χ0n) is 13.2. The third-order valence-corrected chi connectivity index (χ3v) is 5.06. The van der Waals surface area contributed by atoms with Gasteiger partial charge in [-0.1, -0.05) is 11.6 Å². The Hall–Kier alpha value is -1.73. The van der Waals surface area contributed by atoms with Crippen molar-refractivity contribution in [1.29, 1.82) is 0 Å². The molecule has 3 amide bonds. The molecule has 2 atom stereocenters. The smallest absolute Gasteiger partial charge is 0.256 e. The maximum atomic E-state index is 12.8. The van der Waals surface area contributed by atoms with Crippen molar-refractivity contribution in [3.05, 3.63) is 28.8 Å². The van der Waals surface area contributed by atoms with Gasteiger partial charge in [0, 0.05) is 17.6 Å². The number of nitrogens with one attached hydrogen (secondary N) is 2. The molecule has 2 N–H and O–H groups in total. The number of carbonyl (C=O) groups is 3. The van der Waals surface area contributed by atoms with Crippen molar-refractivity contribution in [1.82, 2.24) is 10.2 Å². The first-order valence-corrected chi connectivity index (χ1v) is 9.46. The van der Waals surface area contributed by atoms with Crippen LogP contribution in [0.4, 0.5) is 5.69 Å². The van der Waals surface area contributed by atoms with E-state index < -0.39 is 6.04 Å². The molecular weight excluding hydrogens is 350 g/mol. The molecular formula is C16H18ClN3O3S. The summed E-state index contributed by atoms with van der Waals surface area (Å²) in [5.41, 5.74) is 0.884. The Kier molecular flexibility index (Phi) is 5.01. The van der Waals surface area contributed by atoms with Crippen LogP contribution in [0.3, 0.4) is 0 Å². The number of hydrogen-bond donors (Lipinski definition) is 2. The summed E-state index contributed by atoms with van der Waals surface area (Å²) >= 11 is 7.41. The lowest BCUT2D eigenvalue weighted by atomic mass is 9.96. The van der Waals surface area contributed by atoms with Crippen molar-refractivity contribution in [3.63, 3.8) is 0 Å². The summed E-state index contributed by atoms with van der Waals surface area (Å²) in [4.78, 5) is 38.7. The lowest BCUT2D eigenvalue weighted by Gasteiger charge is -2.37. The summed E-state index contributed by atoms with van der Waals surface area (Å²) in [6.07, 6.45) is 2.92. The van der Waals surface area contributed by atoms with E-state index in [0.717, 1.165) is 0 Å². The molecule has 1 saturated heterocycles. The monoisotopic (exact) mass is 367 g/mol. The normalized spacial score (nSPS) is 23.0. The molecule has 0 radical (unpaired) electrons. The van der Waals surface area contributed by atoms with E-state index in [-0.39, 0.29) is 23.8 Å². The molecule has 24 heavy (non-hydrogen) atoms. The van der Waals surface area contributed by atoms with Gasteiger partial charge in [0.15, 0.2) is 0 Å². The average molecular weight is 368 g/mol. The third kappa shape index (κ3) is 3.37. The van der Waals surface area contributed by atoms with Crippen LogP contribution in [0.5, 0.6) is 0 Å². The van der Waals surface area contributed by atoms with Crippen LogP contribution in [0.2, 0.25) is 5.02 Å². The molecule has 0 bridgehead atoms. The second-order valence-corrected chi connectivity index (χ2v) is 7.22. The number of halogens is 1. The molecule has 1 aromatic carbocycles. The minimum Gasteiger partial charge on any atom is -0.352 e. The zero-order valence-corrected chi connectivity index (χ0v) is 14.7. The lowest BCUT2D eigenvalue weighted by molar-refractivity contribution is -0.123. The topological polar surface area (TPSA) is 78.5 Å². The van der Waals surface area contributed by atoms with Crippen LogP contribution < -0.4 is 10.6 Å². The highest BCUT2D eigenvalue weighted by Gasteiger charge is 2.40. The molecule has 2 aliphatic heterocycles. The van der Waals surface area contributed by atoms with Crippen LogP contribution in [0.15, 0.2) is 18.2 Å². The number of hydrogen-bond acceptors (Lipinski definition) is 4. The van der Waals surface area contributed by atoms with Crippen LogP contribution in [-0.4, -0.2) is 53.3 Å². The van der Waals surface area contributed by atoms with E-state index in [2.05, 4.69) is 10.6 Å². The quantitative estimate of drug-likeness (QED) is 0.853. The van der Waals surface area contributed by atoms with Gasteiger partial charge in [-0.05, 0) is 37.3 Å². The molecule has 0 spiro atoms. The second kappa shape index (κ2) is 7.03. The highest BCUT2D eigenvalue weighted by Crippen LogP contribution is 2.30. The number of fused-ring (bicyclic) bond motifs is 2. The van der Waals surface area contributed by atoms with Gasteiger partial charge in [-0.2, -0.15) is 11.8 Å².